The Morgan fingerprint density at radius 2 is 2.03 bits per heavy atom. The Bertz CT molecular complexity index is 1170. The number of rotatable bonds is 6. The molecule has 1 N–H and O–H groups in total. The highest BCUT2D eigenvalue weighted by atomic mass is 79.9. The zero-order valence-electron chi connectivity index (χ0n) is 16.7. The molecule has 1 amide bonds. The number of halogens is 1. The van der Waals surface area contributed by atoms with E-state index in [4.69, 9.17) is 15.0 Å². The minimum Gasteiger partial charge on any atom is -0.478 e. The van der Waals surface area contributed by atoms with Gasteiger partial charge in [0.05, 0.1) is 5.56 Å². The van der Waals surface area contributed by atoms with E-state index < -0.39 is 0 Å². The van der Waals surface area contributed by atoms with Crippen molar-refractivity contribution in [1.82, 2.24) is 0 Å². The SMILES string of the molecule is N#CCOc1ccc(Br)cc1C=Nc1sc2c(c1C(=O)Nc1ccccc1)CCCC2. The Hall–Kier alpha value is -2.95. The molecule has 1 aliphatic carbocycles. The van der Waals surface area contributed by atoms with Crippen LogP contribution in [-0.4, -0.2) is 18.7 Å². The van der Waals surface area contributed by atoms with Crippen molar-refractivity contribution in [3.05, 3.63) is 74.6 Å². The zero-order valence-corrected chi connectivity index (χ0v) is 19.1. The van der Waals surface area contributed by atoms with Gasteiger partial charge in [0.15, 0.2) is 6.61 Å². The van der Waals surface area contributed by atoms with Crippen LogP contribution in [0.15, 0.2) is 58.0 Å². The number of carbonyl (C=O) groups is 1. The molecule has 0 spiro atoms. The molecule has 31 heavy (non-hydrogen) atoms. The number of aryl methyl sites for hydroxylation is 1. The third-order valence-corrected chi connectivity index (χ3v) is 6.69. The molecule has 156 valence electrons. The zero-order chi connectivity index (χ0) is 21.6. The summed E-state index contributed by atoms with van der Waals surface area (Å²) in [6, 6.07) is 17.0. The minimum absolute atomic E-state index is 0.0412. The number of amides is 1. The van der Waals surface area contributed by atoms with E-state index in [0.717, 1.165) is 47.0 Å². The van der Waals surface area contributed by atoms with E-state index in [0.29, 0.717) is 16.3 Å². The fraction of sp³-hybridized carbons (Fsp3) is 0.208. The molecule has 7 heteroatoms. The number of ether oxygens (including phenoxy) is 1. The largest absolute Gasteiger partial charge is 0.478 e. The van der Waals surface area contributed by atoms with Crippen molar-refractivity contribution >= 4 is 50.1 Å². The van der Waals surface area contributed by atoms with Gasteiger partial charge in [0.2, 0.25) is 0 Å². The smallest absolute Gasteiger partial charge is 0.259 e. The van der Waals surface area contributed by atoms with Crippen LogP contribution in [0.25, 0.3) is 0 Å². The van der Waals surface area contributed by atoms with Gasteiger partial charge in [0.1, 0.15) is 16.8 Å². The number of hydrogen-bond acceptors (Lipinski definition) is 5. The first-order valence-corrected chi connectivity index (χ1v) is 11.6. The van der Waals surface area contributed by atoms with Crippen molar-refractivity contribution < 1.29 is 9.53 Å². The predicted molar refractivity (Wildman–Crippen MR) is 128 cm³/mol. The van der Waals surface area contributed by atoms with Gasteiger partial charge < -0.3 is 10.1 Å². The second-order valence-corrected chi connectivity index (χ2v) is 9.10. The van der Waals surface area contributed by atoms with Crippen molar-refractivity contribution in [1.29, 1.82) is 5.26 Å². The molecular weight excluding hydrogens is 474 g/mol. The highest BCUT2D eigenvalue weighted by Gasteiger charge is 2.25. The number of aliphatic imine (C=N–C) groups is 1. The van der Waals surface area contributed by atoms with E-state index in [-0.39, 0.29) is 12.5 Å². The standard InChI is InChI=1S/C24H20BrN3O2S/c25-17-10-11-20(30-13-12-26)16(14-17)15-27-24-22(19-8-4-5-9-21(19)31-24)23(29)28-18-6-2-1-3-7-18/h1-3,6-7,10-11,14-15H,4-5,8-9,13H2,(H,28,29). The molecule has 0 unspecified atom stereocenters. The van der Waals surface area contributed by atoms with Crippen molar-refractivity contribution in [3.8, 4) is 11.8 Å². The van der Waals surface area contributed by atoms with Crippen LogP contribution < -0.4 is 10.1 Å². The molecule has 0 bridgehead atoms. The van der Waals surface area contributed by atoms with Crippen LogP contribution in [0.3, 0.4) is 0 Å². The van der Waals surface area contributed by atoms with Gasteiger partial charge in [0, 0.05) is 26.8 Å². The van der Waals surface area contributed by atoms with Gasteiger partial charge in [0.25, 0.3) is 5.91 Å². The normalized spacial score (nSPS) is 12.9. The molecule has 0 saturated heterocycles. The van der Waals surface area contributed by atoms with Crippen molar-refractivity contribution in [2.75, 3.05) is 11.9 Å². The summed E-state index contributed by atoms with van der Waals surface area (Å²) in [5.74, 6) is 0.443. The Kier molecular flexibility index (Phi) is 6.80. The monoisotopic (exact) mass is 493 g/mol. The maximum absolute atomic E-state index is 13.2. The first-order valence-electron chi connectivity index (χ1n) is 10.00. The summed E-state index contributed by atoms with van der Waals surface area (Å²) in [6.45, 7) is -0.0412. The van der Waals surface area contributed by atoms with Gasteiger partial charge >= 0.3 is 0 Å². The fourth-order valence-electron chi connectivity index (χ4n) is 3.58. The molecule has 0 saturated carbocycles. The number of nitrogens with zero attached hydrogens (tertiary/aromatic N) is 2. The van der Waals surface area contributed by atoms with Crippen LogP contribution in [0, 0.1) is 11.3 Å². The highest BCUT2D eigenvalue weighted by Crippen LogP contribution is 2.40. The number of anilines is 1. The lowest BCUT2D eigenvalue weighted by molar-refractivity contribution is 0.102. The van der Waals surface area contributed by atoms with Gasteiger partial charge in [-0.3, -0.25) is 4.79 Å². The summed E-state index contributed by atoms with van der Waals surface area (Å²) in [5.41, 5.74) is 3.28. The minimum atomic E-state index is -0.132. The average Bonchev–Trinajstić information content (AvgIpc) is 3.16. The average molecular weight is 494 g/mol. The summed E-state index contributed by atoms with van der Waals surface area (Å²) in [4.78, 5) is 19.1. The number of thiophene rings is 1. The van der Waals surface area contributed by atoms with Crippen LogP contribution in [0.5, 0.6) is 5.75 Å². The van der Waals surface area contributed by atoms with Crippen molar-refractivity contribution in [2.45, 2.75) is 25.7 Å². The van der Waals surface area contributed by atoms with Gasteiger partial charge in [-0.2, -0.15) is 5.26 Å². The molecule has 2 aromatic carbocycles. The Morgan fingerprint density at radius 1 is 1.23 bits per heavy atom. The second-order valence-electron chi connectivity index (χ2n) is 7.10. The molecular formula is C24H20BrN3O2S. The highest BCUT2D eigenvalue weighted by molar-refractivity contribution is 9.10. The third-order valence-electron chi connectivity index (χ3n) is 5.00. The van der Waals surface area contributed by atoms with Crippen LogP contribution in [0.2, 0.25) is 0 Å². The number of hydrogen-bond donors (Lipinski definition) is 1. The number of benzene rings is 2. The molecule has 1 aliphatic rings. The van der Waals surface area contributed by atoms with Crippen LogP contribution >= 0.6 is 27.3 Å². The van der Waals surface area contributed by atoms with Crippen LogP contribution in [0.4, 0.5) is 10.7 Å². The van der Waals surface area contributed by atoms with Crippen molar-refractivity contribution in [2.24, 2.45) is 4.99 Å². The number of nitrogens with one attached hydrogen (secondary N) is 1. The third kappa shape index (κ3) is 5.04. The van der Waals surface area contributed by atoms with Gasteiger partial charge in [-0.1, -0.05) is 34.1 Å². The molecule has 3 aromatic rings. The number of para-hydroxylation sites is 1. The second kappa shape index (κ2) is 9.90. The van der Waals surface area contributed by atoms with E-state index >= 15 is 0 Å². The molecule has 1 heterocycles. The molecule has 4 rings (SSSR count). The molecule has 0 radical (unpaired) electrons. The Morgan fingerprint density at radius 3 is 2.84 bits per heavy atom. The fourth-order valence-corrected chi connectivity index (χ4v) is 5.19. The Balaban J connectivity index is 1.69. The Labute approximate surface area is 193 Å². The lowest BCUT2D eigenvalue weighted by Gasteiger charge is -2.12. The van der Waals surface area contributed by atoms with Crippen molar-refractivity contribution in [3.63, 3.8) is 0 Å². The van der Waals surface area contributed by atoms with Gasteiger partial charge in [-0.25, -0.2) is 4.99 Å². The lowest BCUT2D eigenvalue weighted by Crippen LogP contribution is -2.14. The number of carbonyl (C=O) groups excluding carboxylic acids is 1. The summed E-state index contributed by atoms with van der Waals surface area (Å²) in [5, 5.41) is 12.5. The first kappa shape index (κ1) is 21.3. The summed E-state index contributed by atoms with van der Waals surface area (Å²) >= 11 is 5.05. The maximum atomic E-state index is 13.2. The van der Waals surface area contributed by atoms with Gasteiger partial charge in [-0.05, 0) is 61.6 Å². The van der Waals surface area contributed by atoms with E-state index in [1.165, 1.54) is 4.88 Å². The van der Waals surface area contributed by atoms with E-state index in [1.807, 2.05) is 48.5 Å². The van der Waals surface area contributed by atoms with Crippen LogP contribution in [0.1, 0.15) is 39.2 Å². The van der Waals surface area contributed by atoms with Gasteiger partial charge in [-0.15, -0.1) is 11.3 Å². The molecule has 0 aliphatic heterocycles. The maximum Gasteiger partial charge on any atom is 0.259 e. The van der Waals surface area contributed by atoms with Crippen LogP contribution in [-0.2, 0) is 12.8 Å². The topological polar surface area (TPSA) is 74.5 Å². The van der Waals surface area contributed by atoms with E-state index in [2.05, 4.69) is 21.2 Å². The number of fused-ring (bicyclic) bond motifs is 1. The van der Waals surface area contributed by atoms with E-state index in [1.54, 1.807) is 23.6 Å². The van der Waals surface area contributed by atoms with E-state index in [9.17, 15) is 4.79 Å². The lowest BCUT2D eigenvalue weighted by atomic mass is 9.95. The summed E-state index contributed by atoms with van der Waals surface area (Å²) in [7, 11) is 0. The molecule has 5 nitrogen and oxygen atoms in total. The first-order chi connectivity index (χ1) is 15.2. The molecule has 0 fully saturated rings. The predicted octanol–water partition coefficient (Wildman–Crippen LogP) is 6.29. The summed E-state index contributed by atoms with van der Waals surface area (Å²) in [6.07, 6.45) is 5.79. The quantitative estimate of drug-likeness (QED) is 0.409. The molecule has 1 aromatic heterocycles. The summed E-state index contributed by atoms with van der Waals surface area (Å²) < 4.78 is 6.40. The number of nitriles is 1. The molecule has 0 atom stereocenters.